The Hall–Kier alpha value is -1.17. The van der Waals surface area contributed by atoms with Crippen molar-refractivity contribution in [3.8, 4) is 0 Å². The van der Waals surface area contributed by atoms with E-state index in [2.05, 4.69) is 47.0 Å². The molecule has 0 spiro atoms. The Kier molecular flexibility index (Phi) is 5.56. The van der Waals surface area contributed by atoms with Gasteiger partial charge in [-0.25, -0.2) is 0 Å². The second-order valence-electron chi connectivity index (χ2n) is 5.32. The normalized spacial score (nSPS) is 12.9. The van der Waals surface area contributed by atoms with Crippen LogP contribution in [0.15, 0.2) is 34.9 Å². The molecule has 0 aliphatic carbocycles. The van der Waals surface area contributed by atoms with Gasteiger partial charge in [0.25, 0.3) is 0 Å². The summed E-state index contributed by atoms with van der Waals surface area (Å²) in [4.78, 5) is 0. The summed E-state index contributed by atoms with van der Waals surface area (Å²) in [5, 5.41) is 14.9. The summed E-state index contributed by atoms with van der Waals surface area (Å²) in [7, 11) is 1.65. The minimum Gasteiger partial charge on any atom is -0.383 e. The van der Waals surface area contributed by atoms with Crippen molar-refractivity contribution in [1.29, 1.82) is 0 Å². The summed E-state index contributed by atoms with van der Waals surface area (Å²) >= 11 is 3.46. The number of nitrogens with zero attached hydrogens (tertiary/aromatic N) is 2. The zero-order valence-corrected chi connectivity index (χ0v) is 14.2. The Morgan fingerprint density at radius 2 is 1.86 bits per heavy atom. The molecule has 1 N–H and O–H groups in total. The number of hydrogen-bond donors (Lipinski definition) is 1. The predicted molar refractivity (Wildman–Crippen MR) is 86.4 cm³/mol. The maximum absolute atomic E-state index is 10.6. The van der Waals surface area contributed by atoms with Gasteiger partial charge in [0.1, 0.15) is 6.10 Å². The molecule has 0 bridgehead atoms. The third kappa shape index (κ3) is 3.73. The van der Waals surface area contributed by atoms with Gasteiger partial charge in [0, 0.05) is 7.11 Å². The van der Waals surface area contributed by atoms with Gasteiger partial charge in [0.2, 0.25) is 0 Å². The monoisotopic (exact) mass is 352 g/mol. The fraction of sp³-hybridized carbons (Fsp3) is 0.438. The minimum atomic E-state index is -0.708. The van der Waals surface area contributed by atoms with Gasteiger partial charge in [-0.05, 0) is 33.0 Å². The van der Waals surface area contributed by atoms with Gasteiger partial charge in [-0.15, -0.1) is 0 Å². The van der Waals surface area contributed by atoms with Crippen molar-refractivity contribution < 1.29 is 9.84 Å². The first-order chi connectivity index (χ1) is 10.0. The van der Waals surface area contributed by atoms with Crippen molar-refractivity contribution in [2.45, 2.75) is 32.4 Å². The number of methoxy groups -OCH3 is 1. The standard InChI is InChI=1S/C16H21BrN2O2/c1-11(2)12-4-6-13(7-5-12)16(20)15-14(17)10-18-19(15)8-9-21-3/h4-7,10-11,16,20H,8-9H2,1-3H3. The molecule has 21 heavy (non-hydrogen) atoms. The first-order valence-electron chi connectivity index (χ1n) is 7.02. The molecule has 2 aromatic rings. The average Bonchev–Trinajstić information content (AvgIpc) is 2.85. The highest BCUT2D eigenvalue weighted by molar-refractivity contribution is 9.10. The number of rotatable bonds is 6. The zero-order chi connectivity index (χ0) is 15.4. The highest BCUT2D eigenvalue weighted by Crippen LogP contribution is 2.29. The summed E-state index contributed by atoms with van der Waals surface area (Å²) < 4.78 is 7.66. The van der Waals surface area contributed by atoms with Crippen LogP contribution >= 0.6 is 15.9 Å². The summed E-state index contributed by atoms with van der Waals surface area (Å²) in [6, 6.07) is 8.07. The van der Waals surface area contributed by atoms with Crippen molar-refractivity contribution in [3.63, 3.8) is 0 Å². The predicted octanol–water partition coefficient (Wildman–Crippen LogP) is 3.50. The van der Waals surface area contributed by atoms with E-state index in [9.17, 15) is 5.11 Å². The van der Waals surface area contributed by atoms with Crippen LogP contribution in [0.3, 0.4) is 0 Å². The van der Waals surface area contributed by atoms with Gasteiger partial charge in [0.05, 0.1) is 29.5 Å². The van der Waals surface area contributed by atoms with E-state index in [1.165, 1.54) is 5.56 Å². The molecular formula is C16H21BrN2O2. The highest BCUT2D eigenvalue weighted by atomic mass is 79.9. The van der Waals surface area contributed by atoms with Crippen molar-refractivity contribution in [3.05, 3.63) is 51.8 Å². The SMILES string of the molecule is COCCn1ncc(Br)c1C(O)c1ccc(C(C)C)cc1. The first kappa shape index (κ1) is 16.2. The number of aliphatic hydroxyl groups is 1. The van der Waals surface area contributed by atoms with E-state index < -0.39 is 6.10 Å². The maximum Gasteiger partial charge on any atom is 0.122 e. The van der Waals surface area contributed by atoms with Crippen molar-refractivity contribution in [1.82, 2.24) is 9.78 Å². The van der Waals surface area contributed by atoms with E-state index in [-0.39, 0.29) is 0 Å². The topological polar surface area (TPSA) is 47.3 Å². The molecule has 0 fully saturated rings. The lowest BCUT2D eigenvalue weighted by Crippen LogP contribution is -2.13. The summed E-state index contributed by atoms with van der Waals surface area (Å²) in [5.41, 5.74) is 2.88. The van der Waals surface area contributed by atoms with Gasteiger partial charge in [-0.1, -0.05) is 38.1 Å². The molecule has 0 saturated carbocycles. The molecule has 1 heterocycles. The molecule has 1 aromatic carbocycles. The van der Waals surface area contributed by atoms with Gasteiger partial charge in [-0.3, -0.25) is 4.68 Å². The highest BCUT2D eigenvalue weighted by Gasteiger charge is 2.19. The van der Waals surface area contributed by atoms with Gasteiger partial charge >= 0.3 is 0 Å². The van der Waals surface area contributed by atoms with Crippen LogP contribution in [0.2, 0.25) is 0 Å². The molecule has 0 radical (unpaired) electrons. The van der Waals surface area contributed by atoms with Gasteiger partial charge in [0.15, 0.2) is 0 Å². The molecule has 4 nitrogen and oxygen atoms in total. The molecule has 1 unspecified atom stereocenters. The van der Waals surface area contributed by atoms with E-state index in [1.54, 1.807) is 18.0 Å². The van der Waals surface area contributed by atoms with E-state index in [0.29, 0.717) is 19.1 Å². The molecular weight excluding hydrogens is 332 g/mol. The van der Waals surface area contributed by atoms with E-state index >= 15 is 0 Å². The fourth-order valence-corrected chi connectivity index (χ4v) is 2.73. The smallest absolute Gasteiger partial charge is 0.122 e. The van der Waals surface area contributed by atoms with Crippen LogP contribution in [0, 0.1) is 0 Å². The number of hydrogen-bond acceptors (Lipinski definition) is 3. The zero-order valence-electron chi connectivity index (χ0n) is 12.6. The van der Waals surface area contributed by atoms with Gasteiger partial charge < -0.3 is 9.84 Å². The molecule has 114 valence electrons. The molecule has 2 rings (SSSR count). The fourth-order valence-electron chi connectivity index (χ4n) is 2.22. The number of ether oxygens (including phenoxy) is 1. The summed E-state index contributed by atoms with van der Waals surface area (Å²) in [5.74, 6) is 0.482. The number of benzene rings is 1. The van der Waals surface area contributed by atoms with Crippen molar-refractivity contribution >= 4 is 15.9 Å². The quantitative estimate of drug-likeness (QED) is 0.865. The lowest BCUT2D eigenvalue weighted by molar-refractivity contribution is 0.171. The average molecular weight is 353 g/mol. The minimum absolute atomic E-state index is 0.482. The van der Waals surface area contributed by atoms with Crippen LogP contribution in [0.1, 0.15) is 42.7 Å². The van der Waals surface area contributed by atoms with Gasteiger partial charge in [-0.2, -0.15) is 5.10 Å². The molecule has 0 aliphatic rings. The Morgan fingerprint density at radius 1 is 1.24 bits per heavy atom. The molecule has 5 heteroatoms. The van der Waals surface area contributed by atoms with E-state index in [1.807, 2.05) is 12.1 Å². The summed E-state index contributed by atoms with van der Waals surface area (Å²) in [6.07, 6.45) is 0.997. The third-order valence-electron chi connectivity index (χ3n) is 3.52. The van der Waals surface area contributed by atoms with E-state index in [0.717, 1.165) is 15.7 Å². The number of aliphatic hydroxyl groups excluding tert-OH is 1. The van der Waals surface area contributed by atoms with Crippen LogP contribution < -0.4 is 0 Å². The molecule has 1 aromatic heterocycles. The van der Waals surface area contributed by atoms with Crippen LogP contribution in [0.4, 0.5) is 0 Å². The number of halogens is 1. The first-order valence-corrected chi connectivity index (χ1v) is 7.82. The second-order valence-corrected chi connectivity index (χ2v) is 6.17. The Balaban J connectivity index is 2.26. The van der Waals surface area contributed by atoms with Crippen molar-refractivity contribution in [2.24, 2.45) is 0 Å². The summed E-state index contributed by atoms with van der Waals surface area (Å²) in [6.45, 7) is 5.47. The molecule has 0 saturated heterocycles. The molecule has 0 amide bonds. The lowest BCUT2D eigenvalue weighted by atomic mass is 9.99. The van der Waals surface area contributed by atoms with Crippen molar-refractivity contribution in [2.75, 3.05) is 13.7 Å². The lowest BCUT2D eigenvalue weighted by Gasteiger charge is -2.15. The largest absolute Gasteiger partial charge is 0.383 e. The van der Waals surface area contributed by atoms with Crippen LogP contribution in [0.25, 0.3) is 0 Å². The maximum atomic E-state index is 10.6. The Labute approximate surface area is 133 Å². The van der Waals surface area contributed by atoms with Crippen LogP contribution in [-0.4, -0.2) is 28.6 Å². The van der Waals surface area contributed by atoms with Crippen LogP contribution in [0.5, 0.6) is 0 Å². The Morgan fingerprint density at radius 3 is 2.43 bits per heavy atom. The molecule has 1 atom stereocenters. The third-order valence-corrected chi connectivity index (χ3v) is 4.13. The Bertz CT molecular complexity index is 578. The van der Waals surface area contributed by atoms with E-state index in [4.69, 9.17) is 4.74 Å². The molecule has 0 aliphatic heterocycles. The number of aromatic nitrogens is 2. The van der Waals surface area contributed by atoms with Crippen LogP contribution in [-0.2, 0) is 11.3 Å². The second kappa shape index (κ2) is 7.20.